The second kappa shape index (κ2) is 6.70. The lowest BCUT2D eigenvalue weighted by atomic mass is 9.94. The first kappa shape index (κ1) is 18.2. The van der Waals surface area contributed by atoms with E-state index in [0.717, 1.165) is 26.8 Å². The molecule has 0 fully saturated rings. The lowest BCUT2D eigenvalue weighted by molar-refractivity contribution is 0.475. The highest BCUT2D eigenvalue weighted by Crippen LogP contribution is 2.46. The van der Waals surface area contributed by atoms with Gasteiger partial charge in [-0.25, -0.2) is 0 Å². The van der Waals surface area contributed by atoms with Gasteiger partial charge in [-0.1, -0.05) is 78.9 Å². The van der Waals surface area contributed by atoms with Gasteiger partial charge in [-0.15, -0.1) is 0 Å². The van der Waals surface area contributed by atoms with Crippen LogP contribution < -0.4 is 15.9 Å². The van der Waals surface area contributed by atoms with Crippen LogP contribution in [0.1, 0.15) is 0 Å². The summed E-state index contributed by atoms with van der Waals surface area (Å²) >= 11 is 0. The SMILES string of the molecule is O=P(c1ccccc1)(c1ccc(O)cc1)c1ccc2ccc3cccc4ccc1c2c34. The maximum Gasteiger partial charge on any atom is 0.171 e. The van der Waals surface area contributed by atoms with Crippen molar-refractivity contribution >= 4 is 55.4 Å². The van der Waals surface area contributed by atoms with Crippen molar-refractivity contribution in [3.05, 3.63) is 109 Å². The van der Waals surface area contributed by atoms with E-state index in [0.29, 0.717) is 5.30 Å². The van der Waals surface area contributed by atoms with Crippen LogP contribution in [-0.2, 0) is 4.57 Å². The van der Waals surface area contributed by atoms with E-state index in [1.807, 2.05) is 36.4 Å². The molecule has 3 heteroatoms. The Morgan fingerprint density at radius 1 is 0.516 bits per heavy atom. The minimum Gasteiger partial charge on any atom is -0.508 e. The van der Waals surface area contributed by atoms with Crippen molar-refractivity contribution in [3.8, 4) is 5.75 Å². The smallest absolute Gasteiger partial charge is 0.171 e. The lowest BCUT2D eigenvalue weighted by Gasteiger charge is -2.23. The molecule has 0 aliphatic heterocycles. The number of benzene rings is 6. The zero-order valence-corrected chi connectivity index (χ0v) is 17.6. The van der Waals surface area contributed by atoms with E-state index >= 15 is 0 Å². The van der Waals surface area contributed by atoms with Crippen molar-refractivity contribution in [3.63, 3.8) is 0 Å². The molecule has 0 heterocycles. The fraction of sp³-hybridized carbons (Fsp3) is 0. The van der Waals surface area contributed by atoms with E-state index in [1.165, 1.54) is 16.2 Å². The summed E-state index contributed by atoms with van der Waals surface area (Å²) in [4.78, 5) is 0. The molecule has 31 heavy (non-hydrogen) atoms. The van der Waals surface area contributed by atoms with Gasteiger partial charge in [0.2, 0.25) is 0 Å². The van der Waals surface area contributed by atoms with Crippen LogP contribution >= 0.6 is 7.14 Å². The highest BCUT2D eigenvalue weighted by molar-refractivity contribution is 7.85. The highest BCUT2D eigenvalue weighted by Gasteiger charge is 2.32. The van der Waals surface area contributed by atoms with Crippen LogP contribution in [0.2, 0.25) is 0 Å². The largest absolute Gasteiger partial charge is 0.508 e. The quantitative estimate of drug-likeness (QED) is 0.286. The van der Waals surface area contributed by atoms with Gasteiger partial charge in [0.25, 0.3) is 0 Å². The van der Waals surface area contributed by atoms with Gasteiger partial charge < -0.3 is 9.67 Å². The standard InChI is InChI=1S/C28H19O2P/c29-22-13-15-24(16-14-22)31(30,23-7-2-1-3-8-23)26-18-12-21-10-9-19-5-4-6-20-11-17-25(26)28(21)27(19)20/h1-18,29H. The summed E-state index contributed by atoms with van der Waals surface area (Å²) in [7, 11) is -3.17. The number of rotatable bonds is 3. The Hall–Kier alpha value is -3.61. The van der Waals surface area contributed by atoms with Gasteiger partial charge in [0, 0.05) is 15.9 Å². The predicted molar refractivity (Wildman–Crippen MR) is 131 cm³/mol. The molecule has 0 saturated heterocycles. The maximum absolute atomic E-state index is 15.0. The second-order valence-corrected chi connectivity index (χ2v) is 10.6. The molecule has 0 radical (unpaired) electrons. The molecule has 1 N–H and O–H groups in total. The number of hydrogen-bond donors (Lipinski definition) is 1. The molecule has 148 valence electrons. The summed E-state index contributed by atoms with van der Waals surface area (Å²) in [6, 6.07) is 35.4. The Balaban J connectivity index is 1.77. The summed E-state index contributed by atoms with van der Waals surface area (Å²) in [6.07, 6.45) is 0. The second-order valence-electron chi connectivity index (χ2n) is 7.90. The van der Waals surface area contributed by atoms with Gasteiger partial charge >= 0.3 is 0 Å². The third kappa shape index (κ3) is 2.62. The Labute approximate surface area is 180 Å². The van der Waals surface area contributed by atoms with Gasteiger partial charge in [0.15, 0.2) is 7.14 Å². The van der Waals surface area contributed by atoms with Crippen molar-refractivity contribution in [2.45, 2.75) is 0 Å². The first-order valence-corrected chi connectivity index (χ1v) is 12.0. The normalized spacial score (nSPS) is 13.7. The number of hydrogen-bond acceptors (Lipinski definition) is 2. The van der Waals surface area contributed by atoms with Gasteiger partial charge in [-0.05, 0) is 62.6 Å². The van der Waals surface area contributed by atoms with Gasteiger partial charge in [-0.2, -0.15) is 0 Å². The van der Waals surface area contributed by atoms with Crippen LogP contribution in [0.15, 0.2) is 109 Å². The summed E-state index contributed by atoms with van der Waals surface area (Å²) in [5.74, 6) is 0.166. The minimum atomic E-state index is -3.17. The van der Waals surface area contributed by atoms with E-state index < -0.39 is 7.14 Å². The molecular weight excluding hydrogens is 399 g/mol. The average molecular weight is 418 g/mol. The average Bonchev–Trinajstić information content (AvgIpc) is 2.83. The molecule has 6 aromatic rings. The number of aromatic hydroxyl groups is 1. The number of phenols is 1. The third-order valence-electron chi connectivity index (χ3n) is 6.18. The van der Waals surface area contributed by atoms with Crippen molar-refractivity contribution in [2.24, 2.45) is 0 Å². The molecule has 0 amide bonds. The molecular formula is C28H19O2P. The van der Waals surface area contributed by atoms with Crippen LogP contribution in [0.25, 0.3) is 32.3 Å². The molecule has 0 saturated carbocycles. The van der Waals surface area contributed by atoms with E-state index in [-0.39, 0.29) is 5.75 Å². The molecule has 0 spiro atoms. The molecule has 6 aromatic carbocycles. The van der Waals surface area contributed by atoms with E-state index in [9.17, 15) is 9.67 Å². The van der Waals surface area contributed by atoms with E-state index in [1.54, 1.807) is 24.3 Å². The molecule has 1 unspecified atom stereocenters. The summed E-state index contributed by atoms with van der Waals surface area (Å²) < 4.78 is 15.0. The van der Waals surface area contributed by atoms with Crippen molar-refractivity contribution in [1.82, 2.24) is 0 Å². The molecule has 2 nitrogen and oxygen atoms in total. The first-order valence-electron chi connectivity index (χ1n) is 10.3. The van der Waals surface area contributed by atoms with Gasteiger partial charge in [0.1, 0.15) is 5.75 Å². The summed E-state index contributed by atoms with van der Waals surface area (Å²) in [5, 5.41) is 19.1. The Bertz CT molecular complexity index is 1590. The molecule has 0 aliphatic carbocycles. The predicted octanol–water partition coefficient (Wildman–Crippen LogP) is 5.93. The van der Waals surface area contributed by atoms with Crippen LogP contribution in [0.3, 0.4) is 0 Å². The topological polar surface area (TPSA) is 37.3 Å². The van der Waals surface area contributed by atoms with Crippen LogP contribution in [0.5, 0.6) is 5.75 Å². The lowest BCUT2D eigenvalue weighted by Crippen LogP contribution is -2.25. The Morgan fingerprint density at radius 2 is 1.10 bits per heavy atom. The fourth-order valence-corrected chi connectivity index (χ4v) is 7.55. The van der Waals surface area contributed by atoms with Crippen LogP contribution in [0, 0.1) is 0 Å². The summed E-state index contributed by atoms with van der Waals surface area (Å²) in [6.45, 7) is 0. The third-order valence-corrected chi connectivity index (χ3v) is 9.30. The maximum atomic E-state index is 15.0. The number of phenolic OH excluding ortho intramolecular Hbond substituents is 1. The first-order chi connectivity index (χ1) is 15.2. The zero-order valence-electron chi connectivity index (χ0n) is 16.7. The van der Waals surface area contributed by atoms with Crippen LogP contribution in [0.4, 0.5) is 0 Å². The van der Waals surface area contributed by atoms with Crippen LogP contribution in [-0.4, -0.2) is 5.11 Å². The monoisotopic (exact) mass is 418 g/mol. The molecule has 6 rings (SSSR count). The van der Waals surface area contributed by atoms with Crippen molar-refractivity contribution < 1.29 is 9.67 Å². The van der Waals surface area contributed by atoms with Crippen molar-refractivity contribution in [1.29, 1.82) is 0 Å². The minimum absolute atomic E-state index is 0.166. The molecule has 0 aliphatic rings. The Morgan fingerprint density at radius 3 is 1.81 bits per heavy atom. The zero-order chi connectivity index (χ0) is 21.0. The summed E-state index contributed by atoms with van der Waals surface area (Å²) in [5.41, 5.74) is 0. The van der Waals surface area contributed by atoms with Gasteiger partial charge in [-0.3, -0.25) is 0 Å². The highest BCUT2D eigenvalue weighted by atomic mass is 31.2. The van der Waals surface area contributed by atoms with E-state index in [4.69, 9.17) is 0 Å². The fourth-order valence-electron chi connectivity index (χ4n) is 4.72. The molecule has 1 atom stereocenters. The Kier molecular flexibility index (Phi) is 3.93. The van der Waals surface area contributed by atoms with Crippen molar-refractivity contribution in [2.75, 3.05) is 0 Å². The van der Waals surface area contributed by atoms with E-state index in [2.05, 4.69) is 48.5 Å². The van der Waals surface area contributed by atoms with Gasteiger partial charge in [0.05, 0.1) is 0 Å². The molecule has 0 aromatic heterocycles. The molecule has 0 bridgehead atoms.